The third kappa shape index (κ3) is 5.61. The number of nitrogens with one attached hydrogen (secondary N) is 2. The standard InChI is InChI=1S/C19H24N2O5/c1-13(4-7-19(24)21-12-22)17-11-26-18-6-5-15(10-16(17)18)25-9-3-8-20-14(2)23/h5-6,10-13H,3-4,7-9H2,1-2H3,(H,20,23)(H,21,22,24). The SMILES string of the molecule is CC(=O)NCCCOc1ccc2occ(C(C)CCC(=O)NC=O)c2c1. The number of amides is 3. The number of hydrogen-bond donors (Lipinski definition) is 2. The fraction of sp³-hybridized carbons (Fsp3) is 0.421. The van der Waals surface area contributed by atoms with E-state index < -0.39 is 0 Å². The van der Waals surface area contributed by atoms with Gasteiger partial charge in [0.1, 0.15) is 11.3 Å². The van der Waals surface area contributed by atoms with E-state index in [0.717, 1.165) is 28.7 Å². The van der Waals surface area contributed by atoms with Gasteiger partial charge in [-0.2, -0.15) is 0 Å². The van der Waals surface area contributed by atoms with Crippen molar-refractivity contribution >= 4 is 29.2 Å². The molecule has 1 unspecified atom stereocenters. The third-order valence-electron chi connectivity index (χ3n) is 4.09. The number of imide groups is 1. The second-order valence-corrected chi connectivity index (χ2v) is 6.16. The van der Waals surface area contributed by atoms with Crippen LogP contribution in [0.3, 0.4) is 0 Å². The van der Waals surface area contributed by atoms with Crippen LogP contribution < -0.4 is 15.4 Å². The van der Waals surface area contributed by atoms with Crippen LogP contribution in [0.5, 0.6) is 5.75 Å². The molecule has 1 heterocycles. The fourth-order valence-electron chi connectivity index (χ4n) is 2.67. The summed E-state index contributed by atoms with van der Waals surface area (Å²) in [6.07, 6.45) is 3.70. The van der Waals surface area contributed by atoms with E-state index in [9.17, 15) is 14.4 Å². The van der Waals surface area contributed by atoms with Crippen molar-refractivity contribution in [2.24, 2.45) is 0 Å². The molecule has 0 aliphatic carbocycles. The molecule has 140 valence electrons. The zero-order valence-electron chi connectivity index (χ0n) is 15.0. The van der Waals surface area contributed by atoms with E-state index in [1.54, 1.807) is 6.26 Å². The predicted octanol–water partition coefficient (Wildman–Crippen LogP) is 2.49. The van der Waals surface area contributed by atoms with Gasteiger partial charge in [-0.3, -0.25) is 19.7 Å². The Hall–Kier alpha value is -2.83. The van der Waals surface area contributed by atoms with E-state index in [-0.39, 0.29) is 24.2 Å². The highest BCUT2D eigenvalue weighted by Gasteiger charge is 2.15. The quantitative estimate of drug-likeness (QED) is 0.501. The molecule has 0 saturated heterocycles. The Kier molecular flexibility index (Phi) is 7.20. The van der Waals surface area contributed by atoms with E-state index in [2.05, 4.69) is 10.6 Å². The molecule has 1 aromatic carbocycles. The summed E-state index contributed by atoms with van der Waals surface area (Å²) in [5, 5.41) is 5.82. The summed E-state index contributed by atoms with van der Waals surface area (Å²) >= 11 is 0. The van der Waals surface area contributed by atoms with E-state index in [4.69, 9.17) is 9.15 Å². The Balaban J connectivity index is 1.97. The van der Waals surface area contributed by atoms with Gasteiger partial charge in [0.15, 0.2) is 0 Å². The second-order valence-electron chi connectivity index (χ2n) is 6.16. The van der Waals surface area contributed by atoms with Gasteiger partial charge in [-0.1, -0.05) is 6.92 Å². The second kappa shape index (κ2) is 9.60. The molecule has 0 aliphatic heterocycles. The molecule has 0 saturated carbocycles. The van der Waals surface area contributed by atoms with Crippen LogP contribution in [0.4, 0.5) is 0 Å². The van der Waals surface area contributed by atoms with E-state index in [1.165, 1.54) is 6.92 Å². The Bertz CT molecular complexity index is 768. The summed E-state index contributed by atoms with van der Waals surface area (Å²) in [5.74, 6) is 0.491. The number of furan rings is 1. The molecular weight excluding hydrogens is 336 g/mol. The first-order valence-corrected chi connectivity index (χ1v) is 8.62. The topological polar surface area (TPSA) is 97.6 Å². The summed E-state index contributed by atoms with van der Waals surface area (Å²) < 4.78 is 11.3. The van der Waals surface area contributed by atoms with E-state index in [1.807, 2.05) is 25.1 Å². The summed E-state index contributed by atoms with van der Waals surface area (Å²) in [5.41, 5.74) is 1.76. The van der Waals surface area contributed by atoms with Crippen molar-refractivity contribution in [2.75, 3.05) is 13.2 Å². The fourth-order valence-corrected chi connectivity index (χ4v) is 2.67. The van der Waals surface area contributed by atoms with Crippen LogP contribution in [-0.2, 0) is 14.4 Å². The lowest BCUT2D eigenvalue weighted by Crippen LogP contribution is -2.22. The van der Waals surface area contributed by atoms with Gasteiger partial charge in [-0.25, -0.2) is 0 Å². The number of carbonyl (C=O) groups excluding carboxylic acids is 3. The number of hydrogen-bond acceptors (Lipinski definition) is 5. The lowest BCUT2D eigenvalue weighted by molar-refractivity contribution is -0.125. The first-order valence-electron chi connectivity index (χ1n) is 8.62. The normalized spacial score (nSPS) is 11.8. The third-order valence-corrected chi connectivity index (χ3v) is 4.09. The molecular formula is C19H24N2O5. The van der Waals surface area contributed by atoms with Gasteiger partial charge in [-0.05, 0) is 37.0 Å². The molecule has 2 aromatic rings. The van der Waals surface area contributed by atoms with Crippen molar-refractivity contribution in [3.8, 4) is 5.75 Å². The minimum atomic E-state index is -0.289. The molecule has 2 N–H and O–H groups in total. The molecule has 0 fully saturated rings. The number of ether oxygens (including phenoxy) is 1. The van der Waals surface area contributed by atoms with Crippen LogP contribution in [0.2, 0.25) is 0 Å². The highest BCUT2D eigenvalue weighted by molar-refractivity contribution is 5.86. The highest BCUT2D eigenvalue weighted by atomic mass is 16.5. The van der Waals surface area contributed by atoms with Crippen molar-refractivity contribution in [1.82, 2.24) is 10.6 Å². The molecule has 26 heavy (non-hydrogen) atoms. The first-order chi connectivity index (χ1) is 12.5. The maximum atomic E-state index is 11.4. The van der Waals surface area contributed by atoms with Crippen molar-refractivity contribution in [1.29, 1.82) is 0 Å². The van der Waals surface area contributed by atoms with Gasteiger partial charge < -0.3 is 14.5 Å². The van der Waals surface area contributed by atoms with Crippen molar-refractivity contribution < 1.29 is 23.5 Å². The predicted molar refractivity (Wildman–Crippen MR) is 96.9 cm³/mol. The zero-order chi connectivity index (χ0) is 18.9. The van der Waals surface area contributed by atoms with Gasteiger partial charge in [-0.15, -0.1) is 0 Å². The van der Waals surface area contributed by atoms with Crippen LogP contribution in [0.15, 0.2) is 28.9 Å². The molecule has 0 aliphatic rings. The monoisotopic (exact) mass is 360 g/mol. The molecule has 2 rings (SSSR count). The maximum absolute atomic E-state index is 11.4. The number of rotatable bonds is 10. The molecule has 7 nitrogen and oxygen atoms in total. The van der Waals surface area contributed by atoms with Crippen molar-refractivity contribution in [2.45, 2.75) is 39.0 Å². The highest BCUT2D eigenvalue weighted by Crippen LogP contribution is 2.32. The molecule has 0 radical (unpaired) electrons. The lowest BCUT2D eigenvalue weighted by Gasteiger charge is -2.10. The summed E-state index contributed by atoms with van der Waals surface area (Å²) in [7, 11) is 0. The van der Waals surface area contributed by atoms with Crippen LogP contribution in [0.1, 0.15) is 44.6 Å². The maximum Gasteiger partial charge on any atom is 0.226 e. The Morgan fingerprint density at radius 3 is 2.88 bits per heavy atom. The van der Waals surface area contributed by atoms with Crippen LogP contribution in [0, 0.1) is 0 Å². The largest absolute Gasteiger partial charge is 0.494 e. The van der Waals surface area contributed by atoms with E-state index in [0.29, 0.717) is 26.0 Å². The van der Waals surface area contributed by atoms with Gasteiger partial charge in [0, 0.05) is 30.8 Å². The average Bonchev–Trinajstić information content (AvgIpc) is 3.02. The zero-order valence-corrected chi connectivity index (χ0v) is 15.0. The lowest BCUT2D eigenvalue weighted by atomic mass is 9.95. The molecule has 1 atom stereocenters. The Morgan fingerprint density at radius 1 is 1.35 bits per heavy atom. The van der Waals surface area contributed by atoms with Gasteiger partial charge in [0.2, 0.25) is 18.2 Å². The molecule has 0 bridgehead atoms. The summed E-state index contributed by atoms with van der Waals surface area (Å²) in [6, 6.07) is 5.62. The smallest absolute Gasteiger partial charge is 0.226 e. The minimum absolute atomic E-state index is 0.0507. The number of carbonyl (C=O) groups is 3. The van der Waals surface area contributed by atoms with Crippen LogP contribution >= 0.6 is 0 Å². The summed E-state index contributed by atoms with van der Waals surface area (Å²) in [4.78, 5) is 32.5. The number of benzene rings is 1. The van der Waals surface area contributed by atoms with Crippen molar-refractivity contribution in [3.63, 3.8) is 0 Å². The van der Waals surface area contributed by atoms with E-state index >= 15 is 0 Å². The average molecular weight is 360 g/mol. The van der Waals surface area contributed by atoms with Crippen LogP contribution in [0.25, 0.3) is 11.0 Å². The Labute approximate surface area is 152 Å². The molecule has 1 aromatic heterocycles. The Morgan fingerprint density at radius 2 is 2.15 bits per heavy atom. The number of fused-ring (bicyclic) bond motifs is 1. The molecule has 3 amide bonds. The van der Waals surface area contributed by atoms with Crippen molar-refractivity contribution in [3.05, 3.63) is 30.0 Å². The molecule has 7 heteroatoms. The van der Waals surface area contributed by atoms with Gasteiger partial charge in [0.05, 0.1) is 12.9 Å². The molecule has 0 spiro atoms. The summed E-state index contributed by atoms with van der Waals surface area (Å²) in [6.45, 7) is 4.58. The van der Waals surface area contributed by atoms with Crippen LogP contribution in [-0.4, -0.2) is 31.4 Å². The van der Waals surface area contributed by atoms with Gasteiger partial charge in [0.25, 0.3) is 0 Å². The minimum Gasteiger partial charge on any atom is -0.494 e. The first kappa shape index (κ1) is 19.5. The van der Waals surface area contributed by atoms with Gasteiger partial charge >= 0.3 is 0 Å².